The molecule has 0 aliphatic carbocycles. The Labute approximate surface area is 173 Å². The highest BCUT2D eigenvalue weighted by atomic mass is 35.5. The van der Waals surface area contributed by atoms with Gasteiger partial charge in [0, 0.05) is 24.7 Å². The fourth-order valence-electron chi connectivity index (χ4n) is 4.16. The molecule has 8 heteroatoms. The zero-order chi connectivity index (χ0) is 20.7. The molecule has 28 heavy (non-hydrogen) atoms. The topological polar surface area (TPSA) is 69.7 Å². The van der Waals surface area contributed by atoms with Gasteiger partial charge in [0.2, 0.25) is 15.9 Å². The molecule has 0 bridgehead atoms. The number of carbonyl (C=O) groups excluding carboxylic acids is 1. The molecule has 1 aromatic rings. The average Bonchev–Trinajstić information content (AvgIpc) is 2.88. The van der Waals surface area contributed by atoms with E-state index < -0.39 is 15.7 Å². The summed E-state index contributed by atoms with van der Waals surface area (Å²) in [5.41, 5.74) is -0.456. The van der Waals surface area contributed by atoms with E-state index in [-0.39, 0.29) is 22.8 Å². The van der Waals surface area contributed by atoms with Crippen LogP contribution in [-0.2, 0) is 14.8 Å². The van der Waals surface area contributed by atoms with Gasteiger partial charge in [-0.2, -0.15) is 4.31 Å². The van der Waals surface area contributed by atoms with E-state index in [1.165, 1.54) is 4.31 Å². The minimum atomic E-state index is -3.57. The highest BCUT2D eigenvalue weighted by Crippen LogP contribution is 2.36. The van der Waals surface area contributed by atoms with Gasteiger partial charge in [-0.1, -0.05) is 39.3 Å². The zero-order valence-corrected chi connectivity index (χ0v) is 18.6. The maximum atomic E-state index is 13.0. The van der Waals surface area contributed by atoms with Gasteiger partial charge < -0.3 is 4.90 Å². The lowest BCUT2D eigenvalue weighted by atomic mass is 9.96. The van der Waals surface area contributed by atoms with Gasteiger partial charge in [0.15, 0.2) is 0 Å². The van der Waals surface area contributed by atoms with Crippen molar-refractivity contribution in [2.75, 3.05) is 19.6 Å². The van der Waals surface area contributed by atoms with Crippen molar-refractivity contribution >= 4 is 27.5 Å². The van der Waals surface area contributed by atoms with Crippen molar-refractivity contribution in [3.63, 3.8) is 0 Å². The van der Waals surface area contributed by atoms with E-state index in [1.807, 2.05) is 18.7 Å². The fourth-order valence-corrected chi connectivity index (χ4v) is 5.72. The largest absolute Gasteiger partial charge is 0.323 e. The van der Waals surface area contributed by atoms with Gasteiger partial charge in [0.1, 0.15) is 0 Å². The van der Waals surface area contributed by atoms with Crippen LogP contribution in [0.4, 0.5) is 0 Å². The van der Waals surface area contributed by atoms with E-state index in [0.29, 0.717) is 43.4 Å². The van der Waals surface area contributed by atoms with Crippen LogP contribution in [0.3, 0.4) is 0 Å². The molecule has 0 unspecified atom stereocenters. The van der Waals surface area contributed by atoms with Gasteiger partial charge in [0.25, 0.3) is 0 Å². The molecule has 1 spiro atoms. The Morgan fingerprint density at radius 1 is 1.14 bits per heavy atom. The summed E-state index contributed by atoms with van der Waals surface area (Å²) in [4.78, 5) is 15.2. The maximum absolute atomic E-state index is 13.0. The molecule has 2 heterocycles. The summed E-state index contributed by atoms with van der Waals surface area (Å²) < 4.78 is 27.5. The maximum Gasteiger partial charge on any atom is 0.243 e. The second-order valence-electron chi connectivity index (χ2n) is 8.60. The minimum Gasteiger partial charge on any atom is -0.323 e. The van der Waals surface area contributed by atoms with Crippen molar-refractivity contribution in [3.8, 4) is 0 Å². The SMILES string of the molecule is CC(C)CN1C(=O)[C@H](C(C)C)NC12CCN(S(=O)(=O)c1ccc(Cl)cc1)CC2. The van der Waals surface area contributed by atoms with Crippen LogP contribution >= 0.6 is 11.6 Å². The quantitative estimate of drug-likeness (QED) is 0.784. The first-order valence-corrected chi connectivity index (χ1v) is 11.7. The van der Waals surface area contributed by atoms with Crippen molar-refractivity contribution in [2.24, 2.45) is 11.8 Å². The number of rotatable bonds is 5. The third-order valence-corrected chi connectivity index (χ3v) is 7.85. The van der Waals surface area contributed by atoms with Crippen molar-refractivity contribution in [1.82, 2.24) is 14.5 Å². The molecule has 1 atom stereocenters. The molecular weight excluding hydrogens is 398 g/mol. The molecule has 1 aromatic carbocycles. The first kappa shape index (κ1) is 21.6. The predicted octanol–water partition coefficient (Wildman–Crippen LogP) is 2.93. The van der Waals surface area contributed by atoms with Crippen LogP contribution in [0.15, 0.2) is 29.2 Å². The first-order valence-electron chi connectivity index (χ1n) is 9.92. The second-order valence-corrected chi connectivity index (χ2v) is 11.0. The van der Waals surface area contributed by atoms with Gasteiger partial charge >= 0.3 is 0 Å². The smallest absolute Gasteiger partial charge is 0.243 e. The summed E-state index contributed by atoms with van der Waals surface area (Å²) >= 11 is 5.89. The van der Waals surface area contributed by atoms with Gasteiger partial charge in [-0.15, -0.1) is 0 Å². The average molecular weight is 428 g/mol. The summed E-state index contributed by atoms with van der Waals surface area (Å²) in [6.07, 6.45) is 1.17. The Bertz CT molecular complexity index is 816. The zero-order valence-electron chi connectivity index (χ0n) is 17.0. The number of amides is 1. The molecule has 2 aliphatic rings. The van der Waals surface area contributed by atoms with E-state index in [4.69, 9.17) is 11.6 Å². The Morgan fingerprint density at radius 2 is 1.71 bits per heavy atom. The Balaban J connectivity index is 1.80. The number of piperidine rings is 1. The van der Waals surface area contributed by atoms with Crippen molar-refractivity contribution in [3.05, 3.63) is 29.3 Å². The van der Waals surface area contributed by atoms with Crippen LogP contribution < -0.4 is 5.32 Å². The highest BCUT2D eigenvalue weighted by Gasteiger charge is 2.53. The van der Waals surface area contributed by atoms with Crippen LogP contribution in [0, 0.1) is 11.8 Å². The Kier molecular flexibility index (Phi) is 6.11. The molecular formula is C20H30ClN3O3S. The van der Waals surface area contributed by atoms with Crippen LogP contribution in [0.1, 0.15) is 40.5 Å². The first-order chi connectivity index (χ1) is 13.1. The number of nitrogens with zero attached hydrogens (tertiary/aromatic N) is 2. The van der Waals surface area contributed by atoms with E-state index in [9.17, 15) is 13.2 Å². The van der Waals surface area contributed by atoms with Crippen LogP contribution in [0.2, 0.25) is 5.02 Å². The lowest BCUT2D eigenvalue weighted by Crippen LogP contribution is -2.60. The number of carbonyl (C=O) groups is 1. The van der Waals surface area contributed by atoms with E-state index >= 15 is 0 Å². The summed E-state index contributed by atoms with van der Waals surface area (Å²) in [6.45, 7) is 9.73. The second kappa shape index (κ2) is 7.94. The molecule has 3 rings (SSSR count). The van der Waals surface area contributed by atoms with Crippen molar-refractivity contribution in [2.45, 2.75) is 57.1 Å². The molecule has 0 saturated carbocycles. The molecule has 1 N–H and O–H groups in total. The number of hydrogen-bond acceptors (Lipinski definition) is 4. The highest BCUT2D eigenvalue weighted by molar-refractivity contribution is 7.89. The molecule has 0 aromatic heterocycles. The molecule has 156 valence electrons. The summed E-state index contributed by atoms with van der Waals surface area (Å²) in [5.74, 6) is 0.680. The van der Waals surface area contributed by atoms with Crippen LogP contribution in [-0.4, -0.2) is 54.9 Å². The number of benzene rings is 1. The molecule has 2 aliphatic heterocycles. The van der Waals surface area contributed by atoms with Crippen LogP contribution in [0.5, 0.6) is 0 Å². The number of nitrogens with one attached hydrogen (secondary N) is 1. The number of sulfonamides is 1. The van der Waals surface area contributed by atoms with Gasteiger partial charge in [-0.05, 0) is 48.9 Å². The monoisotopic (exact) mass is 427 g/mol. The molecule has 1 amide bonds. The Morgan fingerprint density at radius 3 is 2.21 bits per heavy atom. The third kappa shape index (κ3) is 3.95. The third-order valence-electron chi connectivity index (χ3n) is 5.69. The molecule has 2 saturated heterocycles. The molecule has 0 radical (unpaired) electrons. The summed E-state index contributed by atoms with van der Waals surface area (Å²) in [5, 5.41) is 4.08. The van der Waals surface area contributed by atoms with E-state index in [1.54, 1.807) is 24.3 Å². The fraction of sp³-hybridized carbons (Fsp3) is 0.650. The van der Waals surface area contributed by atoms with Crippen LogP contribution in [0.25, 0.3) is 0 Å². The van der Waals surface area contributed by atoms with E-state index in [0.717, 1.165) is 0 Å². The standard InChI is InChI=1S/C20H30ClN3O3S/c1-14(2)13-24-19(25)18(15(3)4)22-20(24)9-11-23(12-10-20)28(26,27)17-7-5-16(21)6-8-17/h5-8,14-15,18,22H,9-13H2,1-4H3/t18-/m0/s1. The molecule has 2 fully saturated rings. The Hall–Kier alpha value is -1.15. The van der Waals surface area contributed by atoms with Crippen molar-refractivity contribution < 1.29 is 13.2 Å². The summed E-state index contributed by atoms with van der Waals surface area (Å²) in [6, 6.07) is 6.06. The van der Waals surface area contributed by atoms with E-state index in [2.05, 4.69) is 19.2 Å². The van der Waals surface area contributed by atoms with Gasteiger partial charge in [-0.25, -0.2) is 8.42 Å². The lowest BCUT2D eigenvalue weighted by molar-refractivity contribution is -0.134. The molecule has 6 nitrogen and oxygen atoms in total. The number of halogens is 1. The van der Waals surface area contributed by atoms with Gasteiger partial charge in [0.05, 0.1) is 16.6 Å². The number of hydrogen-bond donors (Lipinski definition) is 1. The summed E-state index contributed by atoms with van der Waals surface area (Å²) in [7, 11) is -3.57. The predicted molar refractivity (Wildman–Crippen MR) is 110 cm³/mol. The minimum absolute atomic E-state index is 0.137. The van der Waals surface area contributed by atoms with Gasteiger partial charge in [-0.3, -0.25) is 10.1 Å². The van der Waals surface area contributed by atoms with Crippen molar-refractivity contribution in [1.29, 1.82) is 0 Å². The lowest BCUT2D eigenvalue weighted by Gasteiger charge is -2.44. The normalized spacial score (nSPS) is 23.3.